The van der Waals surface area contributed by atoms with E-state index in [1.807, 2.05) is 31.7 Å². The minimum absolute atomic E-state index is 0.952. The van der Waals surface area contributed by atoms with Gasteiger partial charge in [-0.15, -0.1) is 11.3 Å². The van der Waals surface area contributed by atoms with Gasteiger partial charge < -0.3 is 0 Å². The highest BCUT2D eigenvalue weighted by Gasteiger charge is 2.11. The number of hydrogen-bond donors (Lipinski definition) is 0. The predicted molar refractivity (Wildman–Crippen MR) is 82.9 cm³/mol. The summed E-state index contributed by atoms with van der Waals surface area (Å²) in [5.41, 5.74) is 5.32. The summed E-state index contributed by atoms with van der Waals surface area (Å²) in [6, 6.07) is 4.17. The van der Waals surface area contributed by atoms with E-state index in [0.717, 1.165) is 27.9 Å². The molecule has 6 heteroatoms. The lowest BCUT2D eigenvalue weighted by Gasteiger charge is -1.99. The van der Waals surface area contributed by atoms with Crippen LogP contribution in [0.25, 0.3) is 32.6 Å². The Labute approximate surface area is 123 Å². The third-order valence-electron chi connectivity index (χ3n) is 3.16. The van der Waals surface area contributed by atoms with Crippen LogP contribution in [0.4, 0.5) is 0 Å². The molecule has 0 radical (unpaired) electrons. The second-order valence-electron chi connectivity index (χ2n) is 4.51. The molecule has 0 saturated carbocycles. The average molecular weight is 298 g/mol. The third-order valence-corrected chi connectivity index (χ3v) is 4.68. The molecule has 0 amide bonds. The quantitative estimate of drug-likeness (QED) is 0.565. The highest BCUT2D eigenvalue weighted by atomic mass is 32.1. The lowest BCUT2D eigenvalue weighted by atomic mass is 10.1. The number of nitrogens with zero attached hydrogens (tertiary/aromatic N) is 4. The number of thiophene rings is 1. The second kappa shape index (κ2) is 4.50. The van der Waals surface area contributed by atoms with Crippen LogP contribution in [-0.2, 0) is 7.05 Å². The van der Waals surface area contributed by atoms with Crippen LogP contribution in [0.2, 0.25) is 0 Å². The van der Waals surface area contributed by atoms with Crippen LogP contribution in [0.5, 0.6) is 0 Å². The van der Waals surface area contributed by atoms with Crippen LogP contribution in [0.1, 0.15) is 0 Å². The zero-order valence-electron chi connectivity index (χ0n) is 10.6. The summed E-state index contributed by atoms with van der Waals surface area (Å²) in [6.07, 6.45) is 5.71. The summed E-state index contributed by atoms with van der Waals surface area (Å²) in [6.45, 7) is 0. The maximum Gasteiger partial charge on any atom is 0.0896 e. The molecule has 0 atom stereocenters. The van der Waals surface area contributed by atoms with E-state index in [9.17, 15) is 0 Å². The van der Waals surface area contributed by atoms with E-state index in [-0.39, 0.29) is 0 Å². The molecule has 0 saturated heterocycles. The minimum atomic E-state index is 0.952. The molecule has 0 aliphatic rings. The number of hydrogen-bond acceptors (Lipinski definition) is 5. The van der Waals surface area contributed by atoms with Crippen LogP contribution >= 0.6 is 22.9 Å². The van der Waals surface area contributed by atoms with Crippen LogP contribution in [0, 0.1) is 0 Å². The van der Waals surface area contributed by atoms with Gasteiger partial charge in [0.25, 0.3) is 0 Å². The number of aromatic nitrogens is 4. The second-order valence-corrected chi connectivity index (χ2v) is 6.08. The zero-order chi connectivity index (χ0) is 13.5. The van der Waals surface area contributed by atoms with Gasteiger partial charge in [0.1, 0.15) is 0 Å². The monoisotopic (exact) mass is 298 g/mol. The fraction of sp³-hybridized carbons (Fsp3) is 0.0714. The van der Waals surface area contributed by atoms with Crippen molar-refractivity contribution >= 4 is 33.1 Å². The van der Waals surface area contributed by atoms with Crippen LogP contribution in [-0.4, -0.2) is 19.1 Å². The summed E-state index contributed by atoms with van der Waals surface area (Å²) < 4.78 is 7.16. The van der Waals surface area contributed by atoms with Crippen molar-refractivity contribution in [3.63, 3.8) is 0 Å². The Hall–Kier alpha value is -2.05. The Kier molecular flexibility index (Phi) is 2.64. The summed E-state index contributed by atoms with van der Waals surface area (Å²) in [4.78, 5) is 4.81. The Morgan fingerprint density at radius 1 is 1.10 bits per heavy atom. The van der Waals surface area contributed by atoms with Gasteiger partial charge >= 0.3 is 0 Å². The Morgan fingerprint density at radius 3 is 2.80 bits per heavy atom. The maximum absolute atomic E-state index is 4.81. The van der Waals surface area contributed by atoms with Gasteiger partial charge in [-0.3, -0.25) is 4.68 Å². The van der Waals surface area contributed by atoms with Gasteiger partial charge in [0.15, 0.2) is 0 Å². The van der Waals surface area contributed by atoms with Crippen molar-refractivity contribution in [3.05, 3.63) is 41.5 Å². The molecule has 4 rings (SSSR count). The van der Waals surface area contributed by atoms with Gasteiger partial charge in [0.05, 0.1) is 22.1 Å². The topological polar surface area (TPSA) is 43.6 Å². The van der Waals surface area contributed by atoms with Crippen molar-refractivity contribution in [1.82, 2.24) is 19.1 Å². The number of aryl methyl sites for hydroxylation is 1. The molecule has 0 fully saturated rings. The summed E-state index contributed by atoms with van der Waals surface area (Å²) in [7, 11) is 1.91. The van der Waals surface area contributed by atoms with Crippen molar-refractivity contribution in [1.29, 1.82) is 0 Å². The lowest BCUT2D eigenvalue weighted by molar-refractivity contribution is 0.768. The molecule has 4 nitrogen and oxygen atoms in total. The molecule has 0 N–H and O–H groups in total. The molecule has 0 aliphatic carbocycles. The Bertz CT molecular complexity index is 874. The first-order valence-electron chi connectivity index (χ1n) is 6.08. The largest absolute Gasteiger partial charge is 0.275 e. The molecular formula is C14H10N4S2. The van der Waals surface area contributed by atoms with Crippen molar-refractivity contribution in [2.75, 3.05) is 0 Å². The Balaban J connectivity index is 1.92. The number of pyridine rings is 1. The van der Waals surface area contributed by atoms with Gasteiger partial charge in [-0.1, -0.05) is 0 Å². The molecule has 4 heterocycles. The summed E-state index contributed by atoms with van der Waals surface area (Å²) in [5, 5.41) is 8.41. The first kappa shape index (κ1) is 11.7. The van der Waals surface area contributed by atoms with Gasteiger partial charge in [-0.05, 0) is 23.7 Å². The van der Waals surface area contributed by atoms with Crippen LogP contribution < -0.4 is 0 Å². The van der Waals surface area contributed by atoms with E-state index >= 15 is 0 Å². The van der Waals surface area contributed by atoms with E-state index in [0.29, 0.717) is 0 Å². The molecule has 0 bridgehead atoms. The van der Waals surface area contributed by atoms with Crippen molar-refractivity contribution < 1.29 is 0 Å². The summed E-state index contributed by atoms with van der Waals surface area (Å²) in [5.74, 6) is 0. The molecule has 20 heavy (non-hydrogen) atoms. The first-order chi connectivity index (χ1) is 9.81. The molecule has 4 aromatic heterocycles. The van der Waals surface area contributed by atoms with Gasteiger partial charge in [-0.2, -0.15) is 5.10 Å². The predicted octanol–water partition coefficient (Wildman–Crippen LogP) is 3.82. The number of fused-ring (bicyclic) bond motifs is 1. The third kappa shape index (κ3) is 1.85. The van der Waals surface area contributed by atoms with Crippen molar-refractivity contribution in [2.24, 2.45) is 7.05 Å². The van der Waals surface area contributed by atoms with Gasteiger partial charge in [0.2, 0.25) is 0 Å². The molecule has 4 aromatic rings. The summed E-state index contributed by atoms with van der Waals surface area (Å²) >= 11 is 3.18. The molecule has 0 aliphatic heterocycles. The molecule has 0 aromatic carbocycles. The highest BCUT2D eigenvalue weighted by Crippen LogP contribution is 2.34. The maximum atomic E-state index is 4.81. The molecule has 98 valence electrons. The zero-order valence-corrected chi connectivity index (χ0v) is 12.3. The van der Waals surface area contributed by atoms with E-state index in [1.54, 1.807) is 16.0 Å². The normalized spacial score (nSPS) is 11.2. The smallest absolute Gasteiger partial charge is 0.0896 e. The van der Waals surface area contributed by atoms with Crippen LogP contribution in [0.3, 0.4) is 0 Å². The first-order valence-corrected chi connectivity index (χ1v) is 7.80. The van der Waals surface area contributed by atoms with Crippen molar-refractivity contribution in [2.45, 2.75) is 0 Å². The van der Waals surface area contributed by atoms with Crippen LogP contribution in [0.15, 0.2) is 41.5 Å². The molecular weight excluding hydrogens is 288 g/mol. The van der Waals surface area contributed by atoms with E-state index in [4.69, 9.17) is 4.98 Å². The SMILES string of the molecule is Cn1cc(-c2ccc3scc(-c4cnsc4)c3n2)cn1. The van der Waals surface area contributed by atoms with E-state index in [1.165, 1.54) is 16.2 Å². The Morgan fingerprint density at radius 2 is 2.05 bits per heavy atom. The number of rotatable bonds is 2. The van der Waals surface area contributed by atoms with E-state index < -0.39 is 0 Å². The van der Waals surface area contributed by atoms with E-state index in [2.05, 4.69) is 26.3 Å². The van der Waals surface area contributed by atoms with Crippen molar-refractivity contribution in [3.8, 4) is 22.4 Å². The molecule has 0 unspecified atom stereocenters. The fourth-order valence-electron chi connectivity index (χ4n) is 2.17. The fourth-order valence-corrected chi connectivity index (χ4v) is 3.61. The van der Waals surface area contributed by atoms with Gasteiger partial charge in [-0.25, -0.2) is 9.36 Å². The van der Waals surface area contributed by atoms with Gasteiger partial charge in [0, 0.05) is 46.9 Å². The average Bonchev–Trinajstić information content (AvgIpc) is 3.17. The molecule has 0 spiro atoms. The standard InChI is InChI=1S/C14H10N4S2/c1-18-6-9(4-15-18)12-2-3-13-14(17-12)11(8-19-13)10-5-16-20-7-10/h2-8H,1H3. The highest BCUT2D eigenvalue weighted by molar-refractivity contribution is 7.17. The lowest BCUT2D eigenvalue weighted by Crippen LogP contribution is -1.85. The minimum Gasteiger partial charge on any atom is -0.275 e.